The Balaban J connectivity index is 3.04. The molecule has 1 heterocycles. The van der Waals surface area contributed by atoms with E-state index < -0.39 is 0 Å². The molecule has 1 aromatic heterocycles. The smallest absolute Gasteiger partial charge is 0.150 e. The van der Waals surface area contributed by atoms with Gasteiger partial charge in [0, 0.05) is 18.0 Å². The van der Waals surface area contributed by atoms with Crippen LogP contribution in [0.3, 0.4) is 0 Å². The Bertz CT molecular complexity index is 270. The Hall–Kier alpha value is -1.18. The second-order valence-corrected chi connectivity index (χ2v) is 2.93. The predicted molar refractivity (Wildman–Crippen MR) is 48.3 cm³/mol. The van der Waals surface area contributed by atoms with Gasteiger partial charge in [0.2, 0.25) is 0 Å². The van der Waals surface area contributed by atoms with Crippen LogP contribution in [0.4, 0.5) is 0 Å². The zero-order chi connectivity index (χ0) is 8.97. The summed E-state index contributed by atoms with van der Waals surface area (Å²) in [5, 5.41) is 0. The number of nitrogens with zero attached hydrogens (tertiary/aromatic N) is 1. The second-order valence-electron chi connectivity index (χ2n) is 2.93. The van der Waals surface area contributed by atoms with E-state index in [2.05, 4.69) is 18.8 Å². The van der Waals surface area contributed by atoms with Crippen molar-refractivity contribution in [3.63, 3.8) is 0 Å². The minimum atomic E-state index is 0.416. The molecule has 0 amide bonds. The summed E-state index contributed by atoms with van der Waals surface area (Å²) >= 11 is 0. The van der Waals surface area contributed by atoms with Crippen LogP contribution >= 0.6 is 0 Å². The zero-order valence-electron chi connectivity index (χ0n) is 7.45. The number of carbonyl (C=O) groups excluding carboxylic acids is 1. The number of rotatable bonds is 3. The highest BCUT2D eigenvalue weighted by atomic mass is 16.1. The minimum Gasteiger partial charge on any atom is -0.298 e. The quantitative estimate of drug-likeness (QED) is 0.640. The first-order valence-electron chi connectivity index (χ1n) is 4.18. The van der Waals surface area contributed by atoms with Gasteiger partial charge in [-0.05, 0) is 24.0 Å². The van der Waals surface area contributed by atoms with Crippen LogP contribution in [0.1, 0.15) is 42.1 Å². The lowest BCUT2D eigenvalue weighted by atomic mass is 9.96. The summed E-state index contributed by atoms with van der Waals surface area (Å²) in [5.41, 5.74) is 1.81. The van der Waals surface area contributed by atoms with Gasteiger partial charge in [-0.2, -0.15) is 0 Å². The summed E-state index contributed by atoms with van der Waals surface area (Å²) in [6.45, 7) is 4.20. The highest BCUT2D eigenvalue weighted by Crippen LogP contribution is 2.19. The molecule has 0 N–H and O–H groups in total. The van der Waals surface area contributed by atoms with E-state index in [1.165, 1.54) is 0 Å². The lowest BCUT2D eigenvalue weighted by Crippen LogP contribution is -1.97. The van der Waals surface area contributed by atoms with Gasteiger partial charge in [-0.25, -0.2) is 0 Å². The third-order valence-corrected chi connectivity index (χ3v) is 2.16. The van der Waals surface area contributed by atoms with Crippen molar-refractivity contribution in [1.29, 1.82) is 0 Å². The Morgan fingerprint density at radius 2 is 2.42 bits per heavy atom. The molecule has 1 rings (SSSR count). The Morgan fingerprint density at radius 1 is 1.67 bits per heavy atom. The van der Waals surface area contributed by atoms with Crippen molar-refractivity contribution in [3.05, 3.63) is 29.6 Å². The van der Waals surface area contributed by atoms with Gasteiger partial charge in [0.1, 0.15) is 6.29 Å². The molecule has 0 aliphatic rings. The standard InChI is InChI=1S/C10H13NO/c1-3-8(2)10-6-11-5-4-9(10)7-12/h4-8H,3H2,1-2H3. The minimum absolute atomic E-state index is 0.416. The fourth-order valence-corrected chi connectivity index (χ4v) is 1.16. The second kappa shape index (κ2) is 4.00. The highest BCUT2D eigenvalue weighted by molar-refractivity contribution is 5.77. The number of carbonyl (C=O) groups is 1. The Morgan fingerprint density at radius 3 is 3.00 bits per heavy atom. The molecular weight excluding hydrogens is 150 g/mol. The van der Waals surface area contributed by atoms with E-state index in [-0.39, 0.29) is 0 Å². The summed E-state index contributed by atoms with van der Waals surface area (Å²) in [5.74, 6) is 0.416. The SMILES string of the molecule is CCC(C)c1cnccc1C=O. The van der Waals surface area contributed by atoms with Gasteiger partial charge in [-0.1, -0.05) is 13.8 Å². The Kier molecular flexibility index (Phi) is 2.97. The molecule has 0 aliphatic heterocycles. The van der Waals surface area contributed by atoms with Crippen molar-refractivity contribution in [2.24, 2.45) is 0 Å². The van der Waals surface area contributed by atoms with Crippen LogP contribution in [0.15, 0.2) is 18.5 Å². The molecule has 0 aliphatic carbocycles. The van der Waals surface area contributed by atoms with Crippen LogP contribution in [0, 0.1) is 0 Å². The molecule has 0 spiro atoms. The molecule has 0 fully saturated rings. The van der Waals surface area contributed by atoms with Crippen LogP contribution < -0.4 is 0 Å². The van der Waals surface area contributed by atoms with E-state index >= 15 is 0 Å². The van der Waals surface area contributed by atoms with Gasteiger partial charge in [0.05, 0.1) is 0 Å². The third-order valence-electron chi connectivity index (χ3n) is 2.16. The predicted octanol–water partition coefficient (Wildman–Crippen LogP) is 2.41. The Labute approximate surface area is 72.6 Å². The van der Waals surface area contributed by atoms with Crippen LogP contribution in [0.5, 0.6) is 0 Å². The molecule has 2 nitrogen and oxygen atoms in total. The van der Waals surface area contributed by atoms with Crippen LogP contribution in [0.25, 0.3) is 0 Å². The number of aldehydes is 1. The van der Waals surface area contributed by atoms with Gasteiger partial charge in [0.25, 0.3) is 0 Å². The molecule has 0 bridgehead atoms. The summed E-state index contributed by atoms with van der Waals surface area (Å²) in [4.78, 5) is 14.6. The number of aromatic nitrogens is 1. The van der Waals surface area contributed by atoms with Crippen molar-refractivity contribution in [2.75, 3.05) is 0 Å². The molecule has 1 atom stereocenters. The molecule has 0 saturated carbocycles. The molecular formula is C10H13NO. The van der Waals surface area contributed by atoms with Crippen molar-refractivity contribution < 1.29 is 4.79 Å². The summed E-state index contributed by atoms with van der Waals surface area (Å²) in [6.07, 6.45) is 5.35. The monoisotopic (exact) mass is 163 g/mol. The maximum absolute atomic E-state index is 10.6. The fourth-order valence-electron chi connectivity index (χ4n) is 1.16. The van der Waals surface area contributed by atoms with Crippen LogP contribution in [0.2, 0.25) is 0 Å². The molecule has 0 aromatic carbocycles. The number of hydrogen-bond acceptors (Lipinski definition) is 2. The van der Waals surface area contributed by atoms with Gasteiger partial charge >= 0.3 is 0 Å². The first-order valence-corrected chi connectivity index (χ1v) is 4.18. The fraction of sp³-hybridized carbons (Fsp3) is 0.400. The first kappa shape index (κ1) is 8.91. The lowest BCUT2D eigenvalue weighted by molar-refractivity contribution is 0.112. The lowest BCUT2D eigenvalue weighted by Gasteiger charge is -2.09. The van der Waals surface area contributed by atoms with Crippen molar-refractivity contribution in [2.45, 2.75) is 26.2 Å². The van der Waals surface area contributed by atoms with E-state index in [1.807, 2.05) is 0 Å². The maximum Gasteiger partial charge on any atom is 0.150 e. The largest absolute Gasteiger partial charge is 0.298 e. The van der Waals surface area contributed by atoms with Crippen LogP contribution in [-0.4, -0.2) is 11.3 Å². The maximum atomic E-state index is 10.6. The first-order chi connectivity index (χ1) is 5.79. The zero-order valence-corrected chi connectivity index (χ0v) is 7.45. The van der Waals surface area contributed by atoms with Crippen molar-refractivity contribution in [1.82, 2.24) is 4.98 Å². The molecule has 0 radical (unpaired) electrons. The van der Waals surface area contributed by atoms with E-state index in [1.54, 1.807) is 18.5 Å². The number of hydrogen-bond donors (Lipinski definition) is 0. The summed E-state index contributed by atoms with van der Waals surface area (Å²) in [6, 6.07) is 1.76. The normalized spacial score (nSPS) is 12.5. The molecule has 1 unspecified atom stereocenters. The van der Waals surface area contributed by atoms with Crippen molar-refractivity contribution in [3.8, 4) is 0 Å². The van der Waals surface area contributed by atoms with Gasteiger partial charge in [0.15, 0.2) is 0 Å². The van der Waals surface area contributed by atoms with E-state index in [0.717, 1.165) is 23.8 Å². The molecule has 12 heavy (non-hydrogen) atoms. The van der Waals surface area contributed by atoms with Gasteiger partial charge < -0.3 is 0 Å². The van der Waals surface area contributed by atoms with Crippen LogP contribution in [-0.2, 0) is 0 Å². The highest BCUT2D eigenvalue weighted by Gasteiger charge is 2.07. The molecule has 2 heteroatoms. The van der Waals surface area contributed by atoms with Crippen molar-refractivity contribution >= 4 is 6.29 Å². The van der Waals surface area contributed by atoms with E-state index in [0.29, 0.717) is 5.92 Å². The molecule has 0 saturated heterocycles. The van der Waals surface area contributed by atoms with E-state index in [4.69, 9.17) is 0 Å². The molecule has 64 valence electrons. The van der Waals surface area contributed by atoms with E-state index in [9.17, 15) is 4.79 Å². The number of pyridine rings is 1. The topological polar surface area (TPSA) is 30.0 Å². The van der Waals surface area contributed by atoms with Gasteiger partial charge in [-0.3, -0.25) is 9.78 Å². The summed E-state index contributed by atoms with van der Waals surface area (Å²) < 4.78 is 0. The molecule has 1 aromatic rings. The van der Waals surface area contributed by atoms with Gasteiger partial charge in [-0.15, -0.1) is 0 Å². The average molecular weight is 163 g/mol. The average Bonchev–Trinajstić information content (AvgIpc) is 2.16. The third kappa shape index (κ3) is 1.70. The summed E-state index contributed by atoms with van der Waals surface area (Å²) in [7, 11) is 0.